The predicted octanol–water partition coefficient (Wildman–Crippen LogP) is 2.03. The quantitative estimate of drug-likeness (QED) is 0.422. The minimum Gasteiger partial charge on any atom is -0.313 e. The van der Waals surface area contributed by atoms with E-state index >= 15 is 0 Å². The number of nitrogens with one attached hydrogen (secondary N) is 1. The first kappa shape index (κ1) is 13.1. The highest BCUT2D eigenvalue weighted by Crippen LogP contribution is 2.27. The molecule has 0 saturated carbocycles. The van der Waals surface area contributed by atoms with E-state index in [1.807, 2.05) is 0 Å². The van der Waals surface area contributed by atoms with Crippen LogP contribution >= 0.6 is 7.75 Å². The highest BCUT2D eigenvalue weighted by atomic mass is 31.2. The van der Waals surface area contributed by atoms with Gasteiger partial charge >= 0.3 is 7.75 Å². The largest absolute Gasteiger partial charge is 0.400 e. The molecule has 0 unspecified atom stereocenters. The molecule has 0 radical (unpaired) electrons. The predicted molar refractivity (Wildman–Crippen MR) is 53.4 cm³/mol. The van der Waals surface area contributed by atoms with Crippen molar-refractivity contribution in [3.63, 3.8) is 0 Å². The Balaban J connectivity index is 3.04. The number of hydrogen-bond donors (Lipinski definition) is 3. The summed E-state index contributed by atoms with van der Waals surface area (Å²) in [4.78, 5) is 16.9. The molecule has 0 amide bonds. The molecule has 5 heteroatoms. The van der Waals surface area contributed by atoms with Crippen LogP contribution in [0.15, 0.2) is 0 Å². The van der Waals surface area contributed by atoms with E-state index < -0.39 is 7.75 Å². The molecular weight excluding hydrogens is 189 g/mol. The second kappa shape index (κ2) is 7.51. The Kier molecular flexibility index (Phi) is 7.57. The topological polar surface area (TPSA) is 69.6 Å². The molecule has 3 N–H and O–H groups in total. The van der Waals surface area contributed by atoms with Crippen LogP contribution in [0, 0.1) is 0 Å². The third kappa shape index (κ3) is 12.1. The average Bonchev–Trinajstić information content (AvgIpc) is 2.01. The second-order valence-corrected chi connectivity index (χ2v) is 4.62. The zero-order chi connectivity index (χ0) is 10.2. The van der Waals surface area contributed by atoms with Crippen molar-refractivity contribution < 1.29 is 14.4 Å². The van der Waals surface area contributed by atoms with Crippen LogP contribution in [-0.4, -0.2) is 16.3 Å². The zero-order valence-corrected chi connectivity index (χ0v) is 9.09. The van der Waals surface area contributed by atoms with Crippen molar-refractivity contribution >= 4 is 7.75 Å². The van der Waals surface area contributed by atoms with Crippen molar-refractivity contribution in [2.45, 2.75) is 45.4 Å². The van der Waals surface area contributed by atoms with Gasteiger partial charge in [0.05, 0.1) is 0 Å². The zero-order valence-electron chi connectivity index (χ0n) is 8.20. The number of unbranched alkanes of at least 4 members (excludes halogenated alkanes) is 5. The van der Waals surface area contributed by atoms with Crippen LogP contribution in [0.2, 0.25) is 0 Å². The van der Waals surface area contributed by atoms with Crippen LogP contribution in [0.4, 0.5) is 0 Å². The standard InChI is InChI=1S/C8H20NO3P/c1-2-3-4-5-6-7-8-9-13(10,11)12/h2-8H2,1H3,(H3,9,10,11,12). The molecule has 0 aliphatic heterocycles. The molecule has 0 aromatic carbocycles. The molecule has 0 bridgehead atoms. The van der Waals surface area contributed by atoms with Crippen molar-refractivity contribution in [2.24, 2.45) is 0 Å². The summed E-state index contributed by atoms with van der Waals surface area (Å²) in [7, 11) is -3.98. The monoisotopic (exact) mass is 209 g/mol. The van der Waals surface area contributed by atoms with E-state index in [1.165, 1.54) is 19.3 Å². The summed E-state index contributed by atoms with van der Waals surface area (Å²) in [5, 5.41) is 2.18. The van der Waals surface area contributed by atoms with Crippen LogP contribution in [0.5, 0.6) is 0 Å². The van der Waals surface area contributed by atoms with E-state index in [4.69, 9.17) is 9.79 Å². The Morgan fingerprint density at radius 1 is 1.08 bits per heavy atom. The van der Waals surface area contributed by atoms with Gasteiger partial charge in [0, 0.05) is 6.54 Å². The molecule has 0 atom stereocenters. The van der Waals surface area contributed by atoms with Crippen molar-refractivity contribution in [3.8, 4) is 0 Å². The molecular formula is C8H20NO3P. The SMILES string of the molecule is CCCCCCCCNP(=O)(O)O. The van der Waals surface area contributed by atoms with Gasteiger partial charge in [0.15, 0.2) is 0 Å². The van der Waals surface area contributed by atoms with E-state index in [2.05, 4.69) is 12.0 Å². The van der Waals surface area contributed by atoms with E-state index in [0.29, 0.717) is 6.54 Å². The smallest absolute Gasteiger partial charge is 0.313 e. The lowest BCUT2D eigenvalue weighted by Crippen LogP contribution is -2.10. The van der Waals surface area contributed by atoms with Gasteiger partial charge < -0.3 is 9.79 Å². The molecule has 0 saturated heterocycles. The maximum atomic E-state index is 10.3. The summed E-state index contributed by atoms with van der Waals surface area (Å²) in [5.74, 6) is 0. The van der Waals surface area contributed by atoms with Gasteiger partial charge in [-0.1, -0.05) is 39.0 Å². The summed E-state index contributed by atoms with van der Waals surface area (Å²) in [6, 6.07) is 0. The van der Waals surface area contributed by atoms with Gasteiger partial charge in [0.1, 0.15) is 0 Å². The molecule has 0 aliphatic rings. The summed E-state index contributed by atoms with van der Waals surface area (Å²) in [6.45, 7) is 2.58. The Hall–Kier alpha value is 0.110. The minimum atomic E-state index is -3.98. The van der Waals surface area contributed by atoms with Crippen molar-refractivity contribution in [1.29, 1.82) is 0 Å². The summed E-state index contributed by atoms with van der Waals surface area (Å²) in [5.41, 5.74) is 0. The molecule has 0 aliphatic carbocycles. The molecule has 0 spiro atoms. The average molecular weight is 209 g/mol. The van der Waals surface area contributed by atoms with E-state index in [9.17, 15) is 4.57 Å². The maximum absolute atomic E-state index is 10.3. The van der Waals surface area contributed by atoms with E-state index in [0.717, 1.165) is 19.3 Å². The van der Waals surface area contributed by atoms with Gasteiger partial charge in [-0.15, -0.1) is 0 Å². The maximum Gasteiger partial charge on any atom is 0.400 e. The molecule has 0 rings (SSSR count). The molecule has 0 aromatic rings. The lowest BCUT2D eigenvalue weighted by molar-refractivity contribution is 0.356. The number of rotatable bonds is 8. The second-order valence-electron chi connectivity index (χ2n) is 3.22. The molecule has 4 nitrogen and oxygen atoms in total. The van der Waals surface area contributed by atoms with Gasteiger partial charge in [-0.25, -0.2) is 9.65 Å². The molecule has 0 fully saturated rings. The fourth-order valence-electron chi connectivity index (χ4n) is 1.13. The summed E-state index contributed by atoms with van der Waals surface area (Å²) >= 11 is 0. The minimum absolute atomic E-state index is 0.413. The van der Waals surface area contributed by atoms with Gasteiger partial charge in [0.2, 0.25) is 0 Å². The molecule has 13 heavy (non-hydrogen) atoms. The van der Waals surface area contributed by atoms with Crippen LogP contribution in [0.3, 0.4) is 0 Å². The van der Waals surface area contributed by atoms with Gasteiger partial charge in [-0.3, -0.25) is 0 Å². The third-order valence-corrected chi connectivity index (χ3v) is 2.48. The lowest BCUT2D eigenvalue weighted by Gasteiger charge is -2.05. The fourth-order valence-corrected chi connectivity index (χ4v) is 1.58. The van der Waals surface area contributed by atoms with Gasteiger partial charge in [-0.2, -0.15) is 0 Å². The van der Waals surface area contributed by atoms with Crippen LogP contribution in [0.25, 0.3) is 0 Å². The molecule has 0 heterocycles. The van der Waals surface area contributed by atoms with Gasteiger partial charge in [-0.05, 0) is 6.42 Å². The Labute approximate surface area is 80.0 Å². The lowest BCUT2D eigenvalue weighted by atomic mass is 10.1. The Bertz CT molecular complexity index is 157. The van der Waals surface area contributed by atoms with Crippen LogP contribution < -0.4 is 5.09 Å². The van der Waals surface area contributed by atoms with Crippen molar-refractivity contribution in [3.05, 3.63) is 0 Å². The Morgan fingerprint density at radius 2 is 1.62 bits per heavy atom. The molecule has 80 valence electrons. The van der Waals surface area contributed by atoms with E-state index in [1.54, 1.807) is 0 Å². The first-order valence-corrected chi connectivity index (χ1v) is 6.48. The van der Waals surface area contributed by atoms with Crippen molar-refractivity contribution in [1.82, 2.24) is 5.09 Å². The van der Waals surface area contributed by atoms with Crippen molar-refractivity contribution in [2.75, 3.05) is 6.54 Å². The normalized spacial score (nSPS) is 11.9. The number of hydrogen-bond acceptors (Lipinski definition) is 1. The van der Waals surface area contributed by atoms with Crippen LogP contribution in [0.1, 0.15) is 45.4 Å². The van der Waals surface area contributed by atoms with Gasteiger partial charge in [0.25, 0.3) is 0 Å². The highest BCUT2D eigenvalue weighted by Gasteiger charge is 2.09. The summed E-state index contributed by atoms with van der Waals surface area (Å²) in [6.07, 6.45) is 6.76. The van der Waals surface area contributed by atoms with E-state index in [-0.39, 0.29) is 0 Å². The Morgan fingerprint density at radius 3 is 2.15 bits per heavy atom. The highest BCUT2D eigenvalue weighted by molar-refractivity contribution is 7.49. The molecule has 0 aromatic heterocycles. The fraction of sp³-hybridized carbons (Fsp3) is 1.00. The third-order valence-electron chi connectivity index (χ3n) is 1.85. The first-order chi connectivity index (χ1) is 6.06. The summed E-state index contributed by atoms with van der Waals surface area (Å²) < 4.78 is 10.3. The first-order valence-electron chi connectivity index (χ1n) is 4.87. The van der Waals surface area contributed by atoms with Crippen LogP contribution in [-0.2, 0) is 4.57 Å².